The summed E-state index contributed by atoms with van der Waals surface area (Å²) in [4.78, 5) is 12.3. The van der Waals surface area contributed by atoms with Crippen LogP contribution in [0.25, 0.3) is 0 Å². The van der Waals surface area contributed by atoms with Gasteiger partial charge in [-0.05, 0) is 60.9 Å². The molecule has 0 bridgehead atoms. The summed E-state index contributed by atoms with van der Waals surface area (Å²) in [6.45, 7) is 4.22. The number of anilines is 1. The normalized spacial score (nSPS) is 10.6. The monoisotopic (exact) mass is 369 g/mol. The van der Waals surface area contributed by atoms with E-state index in [1.54, 1.807) is 23.0 Å². The van der Waals surface area contributed by atoms with E-state index >= 15 is 0 Å². The maximum absolute atomic E-state index is 12.3. The Morgan fingerprint density at radius 2 is 1.96 bits per heavy atom. The van der Waals surface area contributed by atoms with E-state index in [1.807, 2.05) is 43.3 Å². The smallest absolute Gasteiger partial charge is 0.276 e. The predicted octanol–water partition coefficient (Wildman–Crippen LogP) is 4.70. The van der Waals surface area contributed by atoms with E-state index in [-0.39, 0.29) is 12.6 Å². The first-order chi connectivity index (χ1) is 12.5. The van der Waals surface area contributed by atoms with Crippen LogP contribution in [-0.4, -0.2) is 15.7 Å². The molecule has 0 spiro atoms. The molecule has 1 aromatic heterocycles. The lowest BCUT2D eigenvalue weighted by atomic mass is 10.1. The highest BCUT2D eigenvalue weighted by Crippen LogP contribution is 2.22. The highest BCUT2D eigenvalue weighted by Gasteiger charge is 2.10. The van der Waals surface area contributed by atoms with Gasteiger partial charge in [0.2, 0.25) is 0 Å². The minimum absolute atomic E-state index is 0.209. The Labute approximate surface area is 157 Å². The fraction of sp³-hybridized carbons (Fsp3) is 0.200. The van der Waals surface area contributed by atoms with Gasteiger partial charge in [0.15, 0.2) is 12.4 Å². The van der Waals surface area contributed by atoms with E-state index in [1.165, 1.54) is 5.56 Å². The number of ether oxygens (including phenoxy) is 1. The van der Waals surface area contributed by atoms with Crippen LogP contribution in [0.4, 0.5) is 5.69 Å². The number of rotatable bonds is 6. The van der Waals surface area contributed by atoms with Gasteiger partial charge in [0.25, 0.3) is 5.91 Å². The SMILES string of the molecule is CCc1ccc(NC(=O)c2ccn(COc3ccc(Cl)cc3C)n2)cc1. The lowest BCUT2D eigenvalue weighted by molar-refractivity contribution is 0.102. The van der Waals surface area contributed by atoms with Crippen LogP contribution in [0, 0.1) is 6.92 Å². The molecule has 1 heterocycles. The van der Waals surface area contributed by atoms with E-state index in [0.29, 0.717) is 10.7 Å². The second kappa shape index (κ2) is 8.06. The van der Waals surface area contributed by atoms with E-state index in [0.717, 1.165) is 23.4 Å². The van der Waals surface area contributed by atoms with Crippen molar-refractivity contribution in [2.75, 3.05) is 5.32 Å². The first kappa shape index (κ1) is 18.0. The van der Waals surface area contributed by atoms with E-state index in [2.05, 4.69) is 17.3 Å². The van der Waals surface area contributed by atoms with Crippen LogP contribution in [0.5, 0.6) is 5.75 Å². The Hall–Kier alpha value is -2.79. The Kier molecular flexibility index (Phi) is 5.58. The van der Waals surface area contributed by atoms with Gasteiger partial charge in [-0.25, -0.2) is 4.68 Å². The third kappa shape index (κ3) is 4.43. The maximum Gasteiger partial charge on any atom is 0.276 e. The first-order valence-corrected chi connectivity index (χ1v) is 8.75. The topological polar surface area (TPSA) is 56.2 Å². The predicted molar refractivity (Wildman–Crippen MR) is 103 cm³/mol. The number of amides is 1. The van der Waals surface area contributed by atoms with Crippen LogP contribution in [0.2, 0.25) is 5.02 Å². The van der Waals surface area contributed by atoms with Crippen LogP contribution in [-0.2, 0) is 13.2 Å². The van der Waals surface area contributed by atoms with Crippen molar-refractivity contribution in [3.05, 3.63) is 76.6 Å². The molecule has 26 heavy (non-hydrogen) atoms. The van der Waals surface area contributed by atoms with Gasteiger partial charge in [0.05, 0.1) is 0 Å². The summed E-state index contributed by atoms with van der Waals surface area (Å²) in [7, 11) is 0. The van der Waals surface area contributed by atoms with Gasteiger partial charge in [0.1, 0.15) is 5.75 Å². The largest absolute Gasteiger partial charge is 0.471 e. The van der Waals surface area contributed by atoms with Gasteiger partial charge < -0.3 is 10.1 Å². The summed E-state index contributed by atoms with van der Waals surface area (Å²) in [5.74, 6) is 0.475. The molecule has 2 aromatic carbocycles. The molecule has 0 radical (unpaired) electrons. The molecule has 0 atom stereocenters. The average Bonchev–Trinajstić information content (AvgIpc) is 3.11. The molecule has 0 saturated carbocycles. The third-order valence-corrected chi connectivity index (χ3v) is 4.22. The fourth-order valence-electron chi connectivity index (χ4n) is 2.48. The molecule has 5 nitrogen and oxygen atoms in total. The quantitative estimate of drug-likeness (QED) is 0.685. The molecule has 1 N–H and O–H groups in total. The van der Waals surface area contributed by atoms with Crippen LogP contribution in [0.15, 0.2) is 54.7 Å². The highest BCUT2D eigenvalue weighted by atomic mass is 35.5. The van der Waals surface area contributed by atoms with Crippen molar-refractivity contribution in [2.45, 2.75) is 27.0 Å². The van der Waals surface area contributed by atoms with Crippen molar-refractivity contribution in [1.82, 2.24) is 9.78 Å². The summed E-state index contributed by atoms with van der Waals surface area (Å²) >= 11 is 5.94. The Balaban J connectivity index is 1.60. The van der Waals surface area contributed by atoms with Gasteiger partial charge in [-0.1, -0.05) is 30.7 Å². The zero-order chi connectivity index (χ0) is 18.5. The van der Waals surface area contributed by atoms with Crippen LogP contribution >= 0.6 is 11.6 Å². The summed E-state index contributed by atoms with van der Waals surface area (Å²) < 4.78 is 7.30. The lowest BCUT2D eigenvalue weighted by Crippen LogP contribution is -2.14. The number of aromatic nitrogens is 2. The fourth-order valence-corrected chi connectivity index (χ4v) is 2.71. The number of halogens is 1. The summed E-state index contributed by atoms with van der Waals surface area (Å²) in [6.07, 6.45) is 2.67. The number of benzene rings is 2. The number of hydrogen-bond acceptors (Lipinski definition) is 3. The molecule has 0 unspecified atom stereocenters. The zero-order valence-electron chi connectivity index (χ0n) is 14.7. The van der Waals surface area contributed by atoms with Gasteiger partial charge in [-0.3, -0.25) is 4.79 Å². The summed E-state index contributed by atoms with van der Waals surface area (Å²) in [6, 6.07) is 14.9. The zero-order valence-corrected chi connectivity index (χ0v) is 15.5. The number of aryl methyl sites for hydroxylation is 2. The van der Waals surface area contributed by atoms with Gasteiger partial charge in [-0.2, -0.15) is 5.10 Å². The molecule has 0 aliphatic heterocycles. The molecule has 0 fully saturated rings. The van der Waals surface area contributed by atoms with Gasteiger partial charge in [-0.15, -0.1) is 0 Å². The van der Waals surface area contributed by atoms with E-state index in [4.69, 9.17) is 16.3 Å². The third-order valence-electron chi connectivity index (χ3n) is 3.98. The van der Waals surface area contributed by atoms with Crippen molar-refractivity contribution in [3.8, 4) is 5.75 Å². The Bertz CT molecular complexity index is 904. The second-order valence-corrected chi connectivity index (χ2v) is 6.36. The minimum atomic E-state index is -0.254. The maximum atomic E-state index is 12.3. The molecule has 0 aliphatic carbocycles. The van der Waals surface area contributed by atoms with Gasteiger partial charge >= 0.3 is 0 Å². The number of nitrogens with one attached hydrogen (secondary N) is 1. The summed E-state index contributed by atoms with van der Waals surface area (Å²) in [5, 5.41) is 7.76. The van der Waals surface area contributed by atoms with Crippen molar-refractivity contribution >= 4 is 23.2 Å². The number of carbonyl (C=O) groups excluding carboxylic acids is 1. The van der Waals surface area contributed by atoms with Crippen LogP contribution in [0.3, 0.4) is 0 Å². The number of nitrogens with zero attached hydrogens (tertiary/aromatic N) is 2. The summed E-state index contributed by atoms with van der Waals surface area (Å²) in [5.41, 5.74) is 3.25. The van der Waals surface area contributed by atoms with Crippen LogP contribution in [0.1, 0.15) is 28.5 Å². The van der Waals surface area contributed by atoms with Crippen LogP contribution < -0.4 is 10.1 Å². The number of carbonyl (C=O) groups is 1. The standard InChI is InChI=1S/C20H20ClN3O2/c1-3-15-4-7-17(8-5-15)22-20(25)18-10-11-24(23-18)13-26-19-9-6-16(21)12-14(19)2/h4-12H,3,13H2,1-2H3,(H,22,25). The molecule has 3 aromatic rings. The Morgan fingerprint density at radius 1 is 1.19 bits per heavy atom. The second-order valence-electron chi connectivity index (χ2n) is 5.93. The molecule has 0 saturated heterocycles. The van der Waals surface area contributed by atoms with E-state index < -0.39 is 0 Å². The van der Waals surface area contributed by atoms with Crippen molar-refractivity contribution in [3.63, 3.8) is 0 Å². The molecule has 6 heteroatoms. The lowest BCUT2D eigenvalue weighted by Gasteiger charge is -2.09. The molecular formula is C20H20ClN3O2. The molecule has 0 aliphatic rings. The van der Waals surface area contributed by atoms with Crippen molar-refractivity contribution < 1.29 is 9.53 Å². The van der Waals surface area contributed by atoms with Crippen molar-refractivity contribution in [2.24, 2.45) is 0 Å². The highest BCUT2D eigenvalue weighted by molar-refractivity contribution is 6.30. The molecule has 134 valence electrons. The average molecular weight is 370 g/mol. The first-order valence-electron chi connectivity index (χ1n) is 8.38. The minimum Gasteiger partial charge on any atom is -0.471 e. The Morgan fingerprint density at radius 3 is 2.65 bits per heavy atom. The van der Waals surface area contributed by atoms with E-state index in [9.17, 15) is 4.79 Å². The molecule has 3 rings (SSSR count). The van der Waals surface area contributed by atoms with Crippen molar-refractivity contribution in [1.29, 1.82) is 0 Å². The van der Waals surface area contributed by atoms with Gasteiger partial charge in [0, 0.05) is 16.9 Å². The molecule has 1 amide bonds. The molecular weight excluding hydrogens is 350 g/mol. The number of hydrogen-bond donors (Lipinski definition) is 1.